The lowest BCUT2D eigenvalue weighted by atomic mass is 10.1. The molecule has 0 aliphatic carbocycles. The number of hydrogen-bond donors (Lipinski definition) is 2. The van der Waals surface area contributed by atoms with E-state index in [9.17, 15) is 27.9 Å². The van der Waals surface area contributed by atoms with Crippen molar-refractivity contribution in [3.63, 3.8) is 0 Å². The Labute approximate surface area is 183 Å². The van der Waals surface area contributed by atoms with Crippen LogP contribution in [0.5, 0.6) is 5.75 Å². The van der Waals surface area contributed by atoms with E-state index in [2.05, 4.69) is 5.32 Å². The van der Waals surface area contributed by atoms with Crippen molar-refractivity contribution in [2.24, 2.45) is 5.92 Å². The zero-order valence-corrected chi connectivity index (χ0v) is 17.9. The average molecular weight is 457 g/mol. The van der Waals surface area contributed by atoms with Gasteiger partial charge < -0.3 is 15.3 Å². The highest BCUT2D eigenvalue weighted by Crippen LogP contribution is 2.33. The molecule has 0 aliphatic heterocycles. The Morgan fingerprint density at radius 3 is 2.42 bits per heavy atom. The van der Waals surface area contributed by atoms with Gasteiger partial charge in [0.05, 0.1) is 5.56 Å². The standard InChI is InChI=1S/C22H24ClF3N2O3/c1-14(2)7-8-28(20(30)12-23)18-10-16(9-17(11-18)22(24,25)26)21(31)27-13-15-5-3-4-6-19(15)29/h3-6,9-11,14,29H,7-8,12-13H2,1-2H3,(H,27,31). The maximum Gasteiger partial charge on any atom is 0.416 e. The van der Waals surface area contributed by atoms with Crippen LogP contribution in [-0.2, 0) is 17.5 Å². The molecule has 9 heteroatoms. The van der Waals surface area contributed by atoms with E-state index in [-0.39, 0.29) is 36.0 Å². The molecule has 2 amide bonds. The summed E-state index contributed by atoms with van der Waals surface area (Å²) in [5.41, 5.74) is -0.931. The van der Waals surface area contributed by atoms with E-state index in [0.29, 0.717) is 12.0 Å². The summed E-state index contributed by atoms with van der Waals surface area (Å²) in [5, 5.41) is 12.3. The Morgan fingerprint density at radius 1 is 1.16 bits per heavy atom. The Balaban J connectivity index is 2.38. The average Bonchev–Trinajstić information content (AvgIpc) is 2.71. The quantitative estimate of drug-likeness (QED) is 0.552. The Hall–Kier alpha value is -2.74. The van der Waals surface area contributed by atoms with Gasteiger partial charge in [-0.05, 0) is 36.6 Å². The van der Waals surface area contributed by atoms with Gasteiger partial charge in [-0.15, -0.1) is 11.6 Å². The number of nitrogens with zero attached hydrogens (tertiary/aromatic N) is 1. The predicted octanol–water partition coefficient (Wildman–Crippen LogP) is 4.96. The van der Waals surface area contributed by atoms with Crippen LogP contribution in [0.2, 0.25) is 0 Å². The molecule has 0 unspecified atom stereocenters. The fraction of sp³-hybridized carbons (Fsp3) is 0.364. The number of alkyl halides is 4. The number of hydrogen-bond acceptors (Lipinski definition) is 3. The molecular formula is C22H24ClF3N2O3. The lowest BCUT2D eigenvalue weighted by Gasteiger charge is -2.24. The molecular weight excluding hydrogens is 433 g/mol. The molecule has 31 heavy (non-hydrogen) atoms. The largest absolute Gasteiger partial charge is 0.508 e. The van der Waals surface area contributed by atoms with Crippen LogP contribution in [0.3, 0.4) is 0 Å². The van der Waals surface area contributed by atoms with E-state index in [0.717, 1.165) is 12.1 Å². The number of para-hydroxylation sites is 1. The van der Waals surface area contributed by atoms with Gasteiger partial charge in [-0.3, -0.25) is 9.59 Å². The summed E-state index contributed by atoms with van der Waals surface area (Å²) in [6.07, 6.45) is -4.16. The number of aromatic hydroxyl groups is 1. The van der Waals surface area contributed by atoms with Gasteiger partial charge in [0.25, 0.3) is 5.91 Å². The maximum atomic E-state index is 13.5. The molecule has 0 fully saturated rings. The number of phenolic OH excluding ortho intramolecular Hbond substituents is 1. The van der Waals surface area contributed by atoms with E-state index in [1.54, 1.807) is 18.2 Å². The Bertz CT molecular complexity index is 932. The molecule has 0 bridgehead atoms. The lowest BCUT2D eigenvalue weighted by Crippen LogP contribution is -2.34. The van der Waals surface area contributed by atoms with E-state index >= 15 is 0 Å². The number of amides is 2. The summed E-state index contributed by atoms with van der Waals surface area (Å²) in [6, 6.07) is 9.10. The van der Waals surface area contributed by atoms with Crippen molar-refractivity contribution >= 4 is 29.1 Å². The third kappa shape index (κ3) is 6.89. The zero-order chi connectivity index (χ0) is 23.2. The van der Waals surface area contributed by atoms with Crippen molar-refractivity contribution in [3.8, 4) is 5.75 Å². The van der Waals surface area contributed by atoms with Gasteiger partial charge in [0.2, 0.25) is 5.91 Å². The molecule has 0 saturated heterocycles. The molecule has 0 aliphatic rings. The SMILES string of the molecule is CC(C)CCN(C(=O)CCl)c1cc(C(=O)NCc2ccccc2O)cc(C(F)(F)F)c1. The Morgan fingerprint density at radius 2 is 1.84 bits per heavy atom. The summed E-state index contributed by atoms with van der Waals surface area (Å²) in [7, 11) is 0. The molecule has 0 heterocycles. The minimum absolute atomic E-state index is 0.0416. The molecule has 0 aromatic heterocycles. The number of carbonyl (C=O) groups is 2. The maximum absolute atomic E-state index is 13.5. The molecule has 5 nitrogen and oxygen atoms in total. The number of benzene rings is 2. The molecule has 2 aromatic carbocycles. The van der Waals surface area contributed by atoms with Gasteiger partial charge in [0.1, 0.15) is 11.6 Å². The van der Waals surface area contributed by atoms with Crippen molar-refractivity contribution in [2.75, 3.05) is 17.3 Å². The van der Waals surface area contributed by atoms with Crippen molar-refractivity contribution in [3.05, 3.63) is 59.2 Å². The summed E-state index contributed by atoms with van der Waals surface area (Å²) < 4.78 is 40.4. The normalized spacial score (nSPS) is 11.5. The number of carbonyl (C=O) groups excluding carboxylic acids is 2. The van der Waals surface area contributed by atoms with Crippen molar-refractivity contribution in [1.82, 2.24) is 5.32 Å². The second kappa shape index (κ2) is 10.5. The molecule has 2 N–H and O–H groups in total. The molecule has 0 radical (unpaired) electrons. The highest BCUT2D eigenvalue weighted by molar-refractivity contribution is 6.29. The first kappa shape index (κ1) is 24.5. The van der Waals surface area contributed by atoms with Gasteiger partial charge in [-0.1, -0.05) is 32.0 Å². The van der Waals surface area contributed by atoms with Crippen LogP contribution in [0.4, 0.5) is 18.9 Å². The second-order valence-corrected chi connectivity index (χ2v) is 7.71. The van der Waals surface area contributed by atoms with Crippen LogP contribution >= 0.6 is 11.6 Å². The fourth-order valence-corrected chi connectivity index (χ4v) is 3.00. The summed E-state index contributed by atoms with van der Waals surface area (Å²) >= 11 is 5.66. The van der Waals surface area contributed by atoms with E-state index in [1.165, 1.54) is 17.0 Å². The number of halogens is 4. The molecule has 0 spiro atoms. The third-order valence-electron chi connectivity index (χ3n) is 4.60. The summed E-state index contributed by atoms with van der Waals surface area (Å²) in [4.78, 5) is 26.1. The monoisotopic (exact) mass is 456 g/mol. The molecule has 168 valence electrons. The topological polar surface area (TPSA) is 69.6 Å². The van der Waals surface area contributed by atoms with Crippen molar-refractivity contribution in [1.29, 1.82) is 0 Å². The van der Waals surface area contributed by atoms with Crippen LogP contribution in [-0.4, -0.2) is 29.3 Å². The first-order valence-electron chi connectivity index (χ1n) is 9.66. The van der Waals surface area contributed by atoms with E-state index in [1.807, 2.05) is 13.8 Å². The third-order valence-corrected chi connectivity index (χ3v) is 4.82. The summed E-state index contributed by atoms with van der Waals surface area (Å²) in [5.74, 6) is -1.55. The highest BCUT2D eigenvalue weighted by Gasteiger charge is 2.33. The van der Waals surface area contributed by atoms with Crippen molar-refractivity contribution in [2.45, 2.75) is 33.0 Å². The number of phenols is 1. The second-order valence-electron chi connectivity index (χ2n) is 7.44. The molecule has 0 saturated carbocycles. The van der Waals surface area contributed by atoms with Crippen LogP contribution in [0, 0.1) is 5.92 Å². The van der Waals surface area contributed by atoms with Gasteiger partial charge >= 0.3 is 6.18 Å². The smallest absolute Gasteiger partial charge is 0.416 e. The fourth-order valence-electron chi connectivity index (χ4n) is 2.86. The van der Waals surface area contributed by atoms with Crippen LogP contribution in [0.15, 0.2) is 42.5 Å². The number of rotatable bonds is 8. The lowest BCUT2D eigenvalue weighted by molar-refractivity contribution is -0.137. The highest BCUT2D eigenvalue weighted by atomic mass is 35.5. The minimum atomic E-state index is -4.71. The summed E-state index contributed by atoms with van der Waals surface area (Å²) in [6.45, 7) is 3.94. The van der Waals surface area contributed by atoms with Crippen LogP contribution < -0.4 is 10.2 Å². The minimum Gasteiger partial charge on any atom is -0.508 e. The van der Waals surface area contributed by atoms with Gasteiger partial charge in [0, 0.05) is 29.9 Å². The first-order valence-corrected chi connectivity index (χ1v) is 10.2. The van der Waals surface area contributed by atoms with E-state index < -0.39 is 29.4 Å². The number of nitrogens with one attached hydrogen (secondary N) is 1. The van der Waals surface area contributed by atoms with Gasteiger partial charge in [-0.2, -0.15) is 13.2 Å². The predicted molar refractivity (Wildman–Crippen MR) is 113 cm³/mol. The van der Waals surface area contributed by atoms with Gasteiger partial charge in [-0.25, -0.2) is 0 Å². The first-order chi connectivity index (χ1) is 14.5. The van der Waals surface area contributed by atoms with Crippen LogP contribution in [0.1, 0.15) is 41.8 Å². The van der Waals surface area contributed by atoms with Crippen molar-refractivity contribution < 1.29 is 27.9 Å². The zero-order valence-electron chi connectivity index (χ0n) is 17.2. The Kier molecular flexibility index (Phi) is 8.33. The number of anilines is 1. The molecule has 0 atom stereocenters. The molecule has 2 rings (SSSR count). The molecule has 2 aromatic rings. The van der Waals surface area contributed by atoms with Crippen LogP contribution in [0.25, 0.3) is 0 Å². The van der Waals surface area contributed by atoms with Gasteiger partial charge in [0.15, 0.2) is 0 Å². The van der Waals surface area contributed by atoms with E-state index in [4.69, 9.17) is 11.6 Å².